The highest BCUT2D eigenvalue weighted by Crippen LogP contribution is 2.26. The minimum Gasteiger partial charge on any atom is -0.317 e. The molecule has 0 aromatic rings. The smallest absolute Gasteiger partial charge is 0.0126 e. The molecule has 0 bridgehead atoms. The number of piperazine rings is 1. The molecular weight excluding hydrogens is 210 g/mol. The van der Waals surface area contributed by atoms with E-state index in [0.717, 1.165) is 12.1 Å². The van der Waals surface area contributed by atoms with Gasteiger partial charge in [0.25, 0.3) is 0 Å². The summed E-state index contributed by atoms with van der Waals surface area (Å²) in [5.41, 5.74) is 0.343. The molecule has 1 saturated heterocycles. The van der Waals surface area contributed by atoms with Gasteiger partial charge in [0.2, 0.25) is 0 Å². The fourth-order valence-electron chi connectivity index (χ4n) is 3.31. The molecule has 1 aliphatic carbocycles. The van der Waals surface area contributed by atoms with Crippen LogP contribution in [0.25, 0.3) is 0 Å². The van der Waals surface area contributed by atoms with E-state index in [1.165, 1.54) is 45.4 Å². The van der Waals surface area contributed by atoms with Gasteiger partial charge >= 0.3 is 0 Å². The monoisotopic (exact) mass is 239 g/mol. The summed E-state index contributed by atoms with van der Waals surface area (Å²) < 4.78 is 0. The predicted molar refractivity (Wildman–Crippen MR) is 73.4 cm³/mol. The molecule has 2 aliphatic rings. The van der Waals surface area contributed by atoms with E-state index in [4.69, 9.17) is 0 Å². The van der Waals surface area contributed by atoms with Crippen molar-refractivity contribution >= 4 is 0 Å². The van der Waals surface area contributed by atoms with Gasteiger partial charge in [-0.25, -0.2) is 0 Å². The zero-order chi connectivity index (χ0) is 12.5. The standard InChI is InChI=1S/C14H29N3/c1-14(2,3)17-9-7-16(8-10-17)13-6-5-12(11-13)15-4/h12-13,15H,5-11H2,1-4H3. The summed E-state index contributed by atoms with van der Waals surface area (Å²) in [5.74, 6) is 0. The van der Waals surface area contributed by atoms with Gasteiger partial charge in [0.15, 0.2) is 0 Å². The first-order chi connectivity index (χ1) is 8.00. The lowest BCUT2D eigenvalue weighted by molar-refractivity contribution is 0.0429. The van der Waals surface area contributed by atoms with E-state index in [1.54, 1.807) is 0 Å². The Bertz CT molecular complexity index is 238. The Morgan fingerprint density at radius 1 is 1.00 bits per heavy atom. The number of hydrogen-bond donors (Lipinski definition) is 1. The molecule has 17 heavy (non-hydrogen) atoms. The van der Waals surface area contributed by atoms with Crippen LogP contribution in [0.3, 0.4) is 0 Å². The van der Waals surface area contributed by atoms with Crippen molar-refractivity contribution in [1.82, 2.24) is 15.1 Å². The molecule has 1 aliphatic heterocycles. The normalized spacial score (nSPS) is 33.2. The van der Waals surface area contributed by atoms with Crippen LogP contribution in [0.2, 0.25) is 0 Å². The van der Waals surface area contributed by atoms with Crippen molar-refractivity contribution in [2.24, 2.45) is 0 Å². The number of rotatable bonds is 2. The third kappa shape index (κ3) is 3.21. The molecule has 3 heteroatoms. The van der Waals surface area contributed by atoms with E-state index in [-0.39, 0.29) is 0 Å². The van der Waals surface area contributed by atoms with E-state index in [0.29, 0.717) is 5.54 Å². The van der Waals surface area contributed by atoms with Crippen LogP contribution in [-0.4, -0.2) is 60.6 Å². The van der Waals surface area contributed by atoms with Crippen LogP contribution in [0.5, 0.6) is 0 Å². The zero-order valence-electron chi connectivity index (χ0n) is 12.0. The SMILES string of the molecule is CNC1CCC(N2CCN(C(C)(C)C)CC2)C1. The van der Waals surface area contributed by atoms with Crippen LogP contribution in [0.15, 0.2) is 0 Å². The summed E-state index contributed by atoms with van der Waals surface area (Å²) in [7, 11) is 2.10. The van der Waals surface area contributed by atoms with Crippen LogP contribution in [0.1, 0.15) is 40.0 Å². The van der Waals surface area contributed by atoms with E-state index >= 15 is 0 Å². The van der Waals surface area contributed by atoms with Crippen LogP contribution >= 0.6 is 0 Å². The molecule has 3 nitrogen and oxygen atoms in total. The Labute approximate surface area is 107 Å². The minimum atomic E-state index is 0.343. The first-order valence-electron chi connectivity index (χ1n) is 7.17. The third-order valence-electron chi connectivity index (χ3n) is 4.59. The van der Waals surface area contributed by atoms with Gasteiger partial charge < -0.3 is 5.32 Å². The molecule has 2 rings (SSSR count). The number of hydrogen-bond acceptors (Lipinski definition) is 3. The van der Waals surface area contributed by atoms with Crippen molar-refractivity contribution < 1.29 is 0 Å². The van der Waals surface area contributed by atoms with Crippen LogP contribution < -0.4 is 5.32 Å². The molecule has 2 fully saturated rings. The Morgan fingerprint density at radius 3 is 2.12 bits per heavy atom. The van der Waals surface area contributed by atoms with Gasteiger partial charge in [-0.3, -0.25) is 9.80 Å². The van der Waals surface area contributed by atoms with Crippen molar-refractivity contribution in [3.8, 4) is 0 Å². The highest BCUT2D eigenvalue weighted by atomic mass is 15.3. The second-order valence-electron chi connectivity index (χ2n) is 6.65. The van der Waals surface area contributed by atoms with Gasteiger partial charge in [-0.15, -0.1) is 0 Å². The highest BCUT2D eigenvalue weighted by Gasteiger charge is 2.32. The van der Waals surface area contributed by atoms with Gasteiger partial charge in [-0.1, -0.05) is 0 Å². The molecule has 1 saturated carbocycles. The molecular formula is C14H29N3. The second-order valence-corrected chi connectivity index (χ2v) is 6.65. The summed E-state index contributed by atoms with van der Waals surface area (Å²) in [4.78, 5) is 5.34. The van der Waals surface area contributed by atoms with Gasteiger partial charge in [-0.05, 0) is 47.1 Å². The zero-order valence-corrected chi connectivity index (χ0v) is 12.0. The van der Waals surface area contributed by atoms with E-state index < -0.39 is 0 Å². The first kappa shape index (κ1) is 13.3. The lowest BCUT2D eigenvalue weighted by Crippen LogP contribution is -2.55. The summed E-state index contributed by atoms with van der Waals surface area (Å²) in [6, 6.07) is 1.61. The summed E-state index contributed by atoms with van der Waals surface area (Å²) in [6.45, 7) is 12.0. The number of nitrogens with one attached hydrogen (secondary N) is 1. The molecule has 0 spiro atoms. The molecule has 2 atom stereocenters. The molecule has 0 radical (unpaired) electrons. The van der Waals surface area contributed by atoms with Crippen molar-refractivity contribution in [3.05, 3.63) is 0 Å². The van der Waals surface area contributed by atoms with Crippen LogP contribution in [0.4, 0.5) is 0 Å². The van der Waals surface area contributed by atoms with Crippen molar-refractivity contribution in [3.63, 3.8) is 0 Å². The Kier molecular flexibility index (Phi) is 4.11. The maximum Gasteiger partial charge on any atom is 0.0126 e. The molecule has 100 valence electrons. The predicted octanol–water partition coefficient (Wildman–Crippen LogP) is 1.54. The molecule has 0 aromatic heterocycles. The Hall–Kier alpha value is -0.120. The van der Waals surface area contributed by atoms with E-state index in [1.807, 2.05) is 0 Å². The van der Waals surface area contributed by atoms with Crippen molar-refractivity contribution in [2.75, 3.05) is 33.2 Å². The van der Waals surface area contributed by atoms with Gasteiger partial charge in [0.05, 0.1) is 0 Å². The first-order valence-corrected chi connectivity index (χ1v) is 7.17. The summed E-state index contributed by atoms with van der Waals surface area (Å²) >= 11 is 0. The number of nitrogens with zero attached hydrogens (tertiary/aromatic N) is 2. The lowest BCUT2D eigenvalue weighted by Gasteiger charge is -2.44. The topological polar surface area (TPSA) is 18.5 Å². The fraction of sp³-hybridized carbons (Fsp3) is 1.00. The average Bonchev–Trinajstić information content (AvgIpc) is 2.76. The summed E-state index contributed by atoms with van der Waals surface area (Å²) in [6.07, 6.45) is 4.10. The average molecular weight is 239 g/mol. The quantitative estimate of drug-likeness (QED) is 0.788. The largest absolute Gasteiger partial charge is 0.317 e. The van der Waals surface area contributed by atoms with Gasteiger partial charge in [0.1, 0.15) is 0 Å². The molecule has 2 unspecified atom stereocenters. The van der Waals surface area contributed by atoms with E-state index in [9.17, 15) is 0 Å². The fourth-order valence-corrected chi connectivity index (χ4v) is 3.31. The van der Waals surface area contributed by atoms with Crippen molar-refractivity contribution in [2.45, 2.75) is 57.7 Å². The van der Waals surface area contributed by atoms with Gasteiger partial charge in [-0.2, -0.15) is 0 Å². The Balaban J connectivity index is 1.80. The second kappa shape index (κ2) is 5.25. The maximum atomic E-state index is 3.43. The molecule has 1 heterocycles. The molecule has 1 N–H and O–H groups in total. The third-order valence-corrected chi connectivity index (χ3v) is 4.59. The van der Waals surface area contributed by atoms with Crippen LogP contribution in [0, 0.1) is 0 Å². The minimum absolute atomic E-state index is 0.343. The Morgan fingerprint density at radius 2 is 1.65 bits per heavy atom. The van der Waals surface area contributed by atoms with Crippen LogP contribution in [-0.2, 0) is 0 Å². The lowest BCUT2D eigenvalue weighted by atomic mass is 10.0. The molecule has 0 aromatic carbocycles. The highest BCUT2D eigenvalue weighted by molar-refractivity contribution is 4.90. The summed E-state index contributed by atoms with van der Waals surface area (Å²) in [5, 5.41) is 3.43. The van der Waals surface area contributed by atoms with Crippen molar-refractivity contribution in [1.29, 1.82) is 0 Å². The van der Waals surface area contributed by atoms with E-state index in [2.05, 4.69) is 42.9 Å². The maximum absolute atomic E-state index is 3.43. The van der Waals surface area contributed by atoms with Gasteiger partial charge in [0, 0.05) is 43.8 Å². The molecule has 0 amide bonds.